The number of hydrogen-bond donors (Lipinski definition) is 2. The number of hydrogen-bond acceptors (Lipinski definition) is 7. The molecule has 1 unspecified atom stereocenters. The number of rotatable bonds is 9. The molecule has 3 heterocycles. The molecule has 1 saturated carbocycles. The predicted octanol–water partition coefficient (Wildman–Crippen LogP) is 0.796. The molecule has 1 aliphatic carbocycles. The Morgan fingerprint density at radius 3 is 2.69 bits per heavy atom. The van der Waals surface area contributed by atoms with E-state index in [-0.39, 0.29) is 30.6 Å². The molecule has 2 aliphatic heterocycles. The van der Waals surface area contributed by atoms with Crippen LogP contribution in [0.1, 0.15) is 51.4 Å². The second kappa shape index (κ2) is 13.2. The summed E-state index contributed by atoms with van der Waals surface area (Å²) in [5.41, 5.74) is 0.420. The van der Waals surface area contributed by atoms with Gasteiger partial charge in [0, 0.05) is 29.0 Å². The molecular weight excluding hydrogens is 524 g/mol. The lowest BCUT2D eigenvalue weighted by atomic mass is 9.84. The highest BCUT2D eigenvalue weighted by atomic mass is 32.2. The van der Waals surface area contributed by atoms with Crippen LogP contribution in [0.4, 0.5) is 0 Å². The van der Waals surface area contributed by atoms with Crippen molar-refractivity contribution in [1.82, 2.24) is 14.9 Å². The molecule has 1 aromatic rings. The number of pyridine rings is 1. The van der Waals surface area contributed by atoms with Crippen LogP contribution in [0.5, 0.6) is 0 Å². The molecule has 0 aromatic carbocycles. The van der Waals surface area contributed by atoms with Crippen LogP contribution in [0, 0.1) is 5.92 Å². The van der Waals surface area contributed by atoms with Gasteiger partial charge in [-0.15, -0.1) is 0 Å². The molecule has 0 bridgehead atoms. The highest BCUT2D eigenvalue weighted by Gasteiger charge is 2.39. The van der Waals surface area contributed by atoms with Crippen LogP contribution >= 0.6 is 0 Å². The molecule has 212 valence electrons. The summed E-state index contributed by atoms with van der Waals surface area (Å²) in [6.45, 7) is 0.0369. The van der Waals surface area contributed by atoms with E-state index in [0.717, 1.165) is 34.7 Å². The number of ether oxygens (including phenoxy) is 1. The average molecular weight is 562 g/mol. The minimum atomic E-state index is -4.02. The average Bonchev–Trinajstić information content (AvgIpc) is 3.15. The Bertz CT molecular complexity index is 1220. The maximum atomic E-state index is 13.5. The van der Waals surface area contributed by atoms with Crippen LogP contribution in [0.25, 0.3) is 0 Å². The largest absolute Gasteiger partial charge is 0.497 e. The van der Waals surface area contributed by atoms with Gasteiger partial charge in [-0.25, -0.2) is 8.42 Å². The first-order valence-corrected chi connectivity index (χ1v) is 14.9. The van der Waals surface area contributed by atoms with E-state index in [9.17, 15) is 22.8 Å². The van der Waals surface area contributed by atoms with E-state index in [1.54, 1.807) is 24.3 Å². The number of Topliss-reactive ketones (excluding diaryl/α,β-unsaturated/α-hetero) is 1. The molecule has 12 heteroatoms. The summed E-state index contributed by atoms with van der Waals surface area (Å²) in [5, 5.41) is 5.60. The van der Waals surface area contributed by atoms with Gasteiger partial charge in [0.25, 0.3) is 5.91 Å². The Morgan fingerprint density at radius 2 is 1.97 bits per heavy atom. The second-order valence-corrected chi connectivity index (χ2v) is 12.0. The van der Waals surface area contributed by atoms with Crippen LogP contribution < -0.4 is 20.2 Å². The van der Waals surface area contributed by atoms with Gasteiger partial charge in [-0.3, -0.25) is 19.2 Å². The Hall–Kier alpha value is -3.25. The van der Waals surface area contributed by atoms with Gasteiger partial charge in [-0.2, -0.15) is 4.31 Å². The van der Waals surface area contributed by atoms with Crippen LogP contribution in [0.3, 0.4) is 0 Å². The van der Waals surface area contributed by atoms with Gasteiger partial charge in [0.2, 0.25) is 12.1 Å². The van der Waals surface area contributed by atoms with E-state index in [1.807, 2.05) is 0 Å². The lowest BCUT2D eigenvalue weighted by molar-refractivity contribution is -0.914. The van der Waals surface area contributed by atoms with E-state index in [2.05, 4.69) is 10.6 Å². The lowest BCUT2D eigenvalue weighted by Gasteiger charge is -2.28. The van der Waals surface area contributed by atoms with Crippen molar-refractivity contribution in [2.24, 2.45) is 5.92 Å². The quantitative estimate of drug-likeness (QED) is 0.426. The van der Waals surface area contributed by atoms with Gasteiger partial charge < -0.3 is 15.4 Å². The number of carbonyl (C=O) groups is 3. The summed E-state index contributed by atoms with van der Waals surface area (Å²) in [7, 11) is -2.66. The van der Waals surface area contributed by atoms with Gasteiger partial charge in [0.15, 0.2) is 5.78 Å². The number of ketones is 1. The number of amides is 2. The van der Waals surface area contributed by atoms with Crippen LogP contribution in [0.15, 0.2) is 53.4 Å². The van der Waals surface area contributed by atoms with Crippen molar-refractivity contribution >= 4 is 27.6 Å². The minimum Gasteiger partial charge on any atom is -0.497 e. The summed E-state index contributed by atoms with van der Waals surface area (Å²) in [4.78, 5) is 44.7. The summed E-state index contributed by atoms with van der Waals surface area (Å²) in [6, 6.07) is 2.97. The SMILES string of the molecule is CO[n+]1ccccc1S(=O)(=O)N1CCCC(NC(=O)[C@H](CC2CCCCC2)NC(=O)C2=CCOC=C2)C(=O)C1. The number of nitrogens with one attached hydrogen (secondary N) is 2. The first-order chi connectivity index (χ1) is 18.8. The second-order valence-electron chi connectivity index (χ2n) is 10.1. The van der Waals surface area contributed by atoms with E-state index in [4.69, 9.17) is 9.57 Å². The molecule has 2 atom stereocenters. The van der Waals surface area contributed by atoms with Crippen molar-refractivity contribution in [1.29, 1.82) is 0 Å². The van der Waals surface area contributed by atoms with Crippen molar-refractivity contribution in [3.63, 3.8) is 0 Å². The standard InChI is InChI=1S/C27H36N4O7S/c1-37-31-15-6-5-11-25(31)39(35,36)30-14-7-10-22(24(32)19-30)28-27(34)23(18-20-8-3-2-4-9-20)29-26(33)21-12-16-38-17-13-21/h5-6,11-13,15-16,20,22-23H,2-4,7-10,14,17-19H2,1H3,(H-,28,29,33,34)/p+1/t22?,23-/m0/s1. The summed E-state index contributed by atoms with van der Waals surface area (Å²) in [5.74, 6) is -0.898. The van der Waals surface area contributed by atoms with Crippen molar-refractivity contribution in [3.05, 3.63) is 48.4 Å². The van der Waals surface area contributed by atoms with E-state index >= 15 is 0 Å². The molecule has 0 spiro atoms. The molecule has 2 fully saturated rings. The molecule has 2 amide bonds. The van der Waals surface area contributed by atoms with Crippen molar-refractivity contribution in [2.45, 2.75) is 68.5 Å². The van der Waals surface area contributed by atoms with Gasteiger partial charge >= 0.3 is 15.0 Å². The zero-order valence-electron chi connectivity index (χ0n) is 22.2. The number of carbonyl (C=O) groups excluding carboxylic acids is 3. The van der Waals surface area contributed by atoms with Crippen molar-refractivity contribution in [3.8, 4) is 0 Å². The summed E-state index contributed by atoms with van der Waals surface area (Å²) >= 11 is 0. The molecular formula is C27H37N4O7S+. The number of aromatic nitrogens is 1. The zero-order chi connectivity index (χ0) is 27.8. The van der Waals surface area contributed by atoms with E-state index in [0.29, 0.717) is 30.8 Å². The van der Waals surface area contributed by atoms with Crippen LogP contribution in [0.2, 0.25) is 0 Å². The molecule has 1 saturated heterocycles. The monoisotopic (exact) mass is 561 g/mol. The maximum Gasteiger partial charge on any atom is 0.362 e. The van der Waals surface area contributed by atoms with Crippen LogP contribution in [-0.2, 0) is 29.1 Å². The van der Waals surface area contributed by atoms with Crippen molar-refractivity contribution < 1.29 is 37.1 Å². The highest BCUT2D eigenvalue weighted by Crippen LogP contribution is 2.28. The van der Waals surface area contributed by atoms with E-state index in [1.165, 1.54) is 32.1 Å². The van der Waals surface area contributed by atoms with Gasteiger partial charge in [-0.05, 0) is 43.4 Å². The van der Waals surface area contributed by atoms with Crippen LogP contribution in [-0.4, -0.2) is 69.2 Å². The third kappa shape index (κ3) is 7.24. The molecule has 0 radical (unpaired) electrons. The molecule has 3 aliphatic rings. The molecule has 39 heavy (non-hydrogen) atoms. The Morgan fingerprint density at radius 1 is 1.18 bits per heavy atom. The molecule has 4 rings (SSSR count). The Balaban J connectivity index is 1.45. The smallest absolute Gasteiger partial charge is 0.362 e. The molecule has 11 nitrogen and oxygen atoms in total. The fraction of sp³-hybridized carbons (Fsp3) is 0.556. The first kappa shape index (κ1) is 28.8. The van der Waals surface area contributed by atoms with Gasteiger partial charge in [-0.1, -0.05) is 32.1 Å². The maximum absolute atomic E-state index is 13.5. The van der Waals surface area contributed by atoms with E-state index < -0.39 is 33.8 Å². The van der Waals surface area contributed by atoms with Crippen molar-refractivity contribution in [2.75, 3.05) is 26.8 Å². The topological polar surface area (TPSA) is 135 Å². The minimum absolute atomic E-state index is 0.0884. The highest BCUT2D eigenvalue weighted by molar-refractivity contribution is 7.89. The summed E-state index contributed by atoms with van der Waals surface area (Å²) in [6.07, 6.45) is 12.6. The zero-order valence-corrected chi connectivity index (χ0v) is 23.0. The fourth-order valence-corrected chi connectivity index (χ4v) is 6.85. The lowest BCUT2D eigenvalue weighted by Crippen LogP contribution is -2.53. The fourth-order valence-electron chi connectivity index (χ4n) is 5.30. The predicted molar refractivity (Wildman–Crippen MR) is 140 cm³/mol. The summed E-state index contributed by atoms with van der Waals surface area (Å²) < 4.78 is 34.0. The Labute approximate surface area is 229 Å². The first-order valence-electron chi connectivity index (χ1n) is 13.5. The molecule has 1 aromatic heterocycles. The van der Waals surface area contributed by atoms with Gasteiger partial charge in [0.05, 0.1) is 18.8 Å². The molecule has 2 N–H and O–H groups in total. The van der Waals surface area contributed by atoms with Gasteiger partial charge in [0.1, 0.15) is 19.8 Å². The Kier molecular flexibility index (Phi) is 9.73. The number of sulfonamides is 1. The normalized spacial score (nSPS) is 21.7. The third-order valence-corrected chi connectivity index (χ3v) is 9.28. The number of nitrogens with zero attached hydrogens (tertiary/aromatic N) is 2. The third-order valence-electron chi connectivity index (χ3n) is 7.45.